The molecule has 1 aliphatic heterocycles. The van der Waals surface area contributed by atoms with Gasteiger partial charge in [0.25, 0.3) is 5.91 Å². The number of anilines is 1. The molecule has 0 radical (unpaired) electrons. The lowest BCUT2D eigenvalue weighted by atomic mass is 10.1. The number of sulfonamides is 1. The third-order valence-electron chi connectivity index (χ3n) is 7.55. The van der Waals surface area contributed by atoms with Gasteiger partial charge in [-0.25, -0.2) is 8.42 Å². The lowest BCUT2D eigenvalue weighted by Gasteiger charge is -2.20. The molecule has 1 aromatic heterocycles. The van der Waals surface area contributed by atoms with Gasteiger partial charge in [0.1, 0.15) is 5.75 Å². The number of hydrogen-bond donors (Lipinski definition) is 1. The second-order valence-electron chi connectivity index (χ2n) is 10.4. The molecule has 2 heterocycles. The van der Waals surface area contributed by atoms with Gasteiger partial charge in [0.15, 0.2) is 5.75 Å². The van der Waals surface area contributed by atoms with E-state index in [0.717, 1.165) is 22.0 Å². The van der Waals surface area contributed by atoms with Crippen molar-refractivity contribution in [1.82, 2.24) is 9.29 Å². The van der Waals surface area contributed by atoms with Crippen molar-refractivity contribution in [3.05, 3.63) is 132 Å². The van der Waals surface area contributed by atoms with E-state index in [1.807, 2.05) is 79.9 Å². The maximum atomic E-state index is 13.6. The Morgan fingerprint density at radius 2 is 1.61 bits per heavy atom. The normalized spacial score (nSPS) is 13.1. The van der Waals surface area contributed by atoms with E-state index in [0.29, 0.717) is 29.2 Å². The highest BCUT2D eigenvalue weighted by Gasteiger charge is 2.27. The quantitative estimate of drug-likeness (QED) is 0.198. The first-order chi connectivity index (χ1) is 21.4. The van der Waals surface area contributed by atoms with Gasteiger partial charge in [0, 0.05) is 30.2 Å². The summed E-state index contributed by atoms with van der Waals surface area (Å²) in [6.45, 7) is 2.43. The summed E-state index contributed by atoms with van der Waals surface area (Å²) in [7, 11) is -3.77. The zero-order valence-corrected chi connectivity index (χ0v) is 25.1. The zero-order chi connectivity index (χ0) is 30.5. The highest BCUT2D eigenvalue weighted by atomic mass is 32.2. The maximum absolute atomic E-state index is 13.6. The molecule has 7 nitrogen and oxygen atoms in total. The van der Waals surface area contributed by atoms with Crippen molar-refractivity contribution in [2.75, 3.05) is 24.5 Å². The molecule has 0 aliphatic carbocycles. The van der Waals surface area contributed by atoms with Crippen molar-refractivity contribution in [2.24, 2.45) is 0 Å². The van der Waals surface area contributed by atoms with Gasteiger partial charge in [-0.05, 0) is 66.9 Å². The number of fused-ring (bicyclic) bond motifs is 3. The first kappa shape index (κ1) is 29.0. The first-order valence-corrected chi connectivity index (χ1v) is 15.8. The Balaban J connectivity index is 1.22. The van der Waals surface area contributed by atoms with Crippen LogP contribution in [-0.4, -0.2) is 43.2 Å². The SMILES string of the molecule is C/C(C#CCN(CCc1c[nH]c2ccccc12)S(=O)(=O)c1ccccc1)=C\CN1C(=O)c2ccccc2Oc2ccccc21. The van der Waals surface area contributed by atoms with Crippen molar-refractivity contribution < 1.29 is 17.9 Å². The summed E-state index contributed by atoms with van der Waals surface area (Å²) in [5.74, 6) is 7.11. The Hall–Kier alpha value is -5.10. The van der Waals surface area contributed by atoms with Crippen molar-refractivity contribution in [1.29, 1.82) is 0 Å². The molecule has 5 aromatic rings. The molecule has 1 aliphatic rings. The number of nitrogens with one attached hydrogen (secondary N) is 1. The monoisotopic (exact) mass is 601 g/mol. The average Bonchev–Trinajstić information content (AvgIpc) is 3.41. The summed E-state index contributed by atoms with van der Waals surface area (Å²) >= 11 is 0. The number of rotatable bonds is 8. The van der Waals surface area contributed by atoms with Crippen LogP contribution in [0.4, 0.5) is 5.69 Å². The third-order valence-corrected chi connectivity index (χ3v) is 9.41. The molecular formula is C36H31N3O4S. The molecule has 0 bridgehead atoms. The number of allylic oxidation sites excluding steroid dienone is 1. The van der Waals surface area contributed by atoms with Crippen molar-refractivity contribution in [3.8, 4) is 23.3 Å². The summed E-state index contributed by atoms with van der Waals surface area (Å²) in [4.78, 5) is 18.7. The number of hydrogen-bond acceptors (Lipinski definition) is 4. The van der Waals surface area contributed by atoms with E-state index in [1.54, 1.807) is 47.4 Å². The van der Waals surface area contributed by atoms with Crippen LogP contribution < -0.4 is 9.64 Å². The molecule has 4 aromatic carbocycles. The Morgan fingerprint density at radius 1 is 0.909 bits per heavy atom. The predicted octanol–water partition coefficient (Wildman–Crippen LogP) is 6.80. The van der Waals surface area contributed by atoms with E-state index >= 15 is 0 Å². The number of benzene rings is 4. The first-order valence-electron chi connectivity index (χ1n) is 14.4. The van der Waals surface area contributed by atoms with Gasteiger partial charge in [0.2, 0.25) is 10.0 Å². The summed E-state index contributed by atoms with van der Waals surface area (Å²) in [6, 6.07) is 31.0. The molecule has 0 atom stereocenters. The van der Waals surface area contributed by atoms with E-state index in [-0.39, 0.29) is 30.4 Å². The number of carbonyl (C=O) groups is 1. The van der Waals surface area contributed by atoms with Crippen LogP contribution in [0.15, 0.2) is 126 Å². The maximum Gasteiger partial charge on any atom is 0.262 e. The number of ether oxygens (including phenoxy) is 1. The van der Waals surface area contributed by atoms with Gasteiger partial charge in [-0.3, -0.25) is 4.79 Å². The lowest BCUT2D eigenvalue weighted by molar-refractivity contribution is 0.0990. The smallest absolute Gasteiger partial charge is 0.262 e. The minimum absolute atomic E-state index is 0.0253. The van der Waals surface area contributed by atoms with Crippen LogP contribution in [0.3, 0.4) is 0 Å². The molecule has 0 saturated carbocycles. The Morgan fingerprint density at radius 3 is 2.45 bits per heavy atom. The summed E-state index contributed by atoms with van der Waals surface area (Å²) < 4.78 is 34.7. The standard InChI is InChI=1S/C36H31N3O4S/c1-27(21-25-39-33-18-8-10-20-35(33)43-34-19-9-6-16-31(34)36(39)40)12-11-23-38(44(41,42)29-13-3-2-4-14-29)24-22-28-26-37-32-17-7-5-15-30(28)32/h2-10,13-21,26,37H,22-25H2,1H3/b27-21+. The number of aromatic amines is 1. The van der Waals surface area contributed by atoms with Gasteiger partial charge in [-0.15, -0.1) is 0 Å². The fourth-order valence-corrected chi connectivity index (χ4v) is 6.57. The zero-order valence-electron chi connectivity index (χ0n) is 24.2. The number of para-hydroxylation sites is 4. The molecule has 1 N–H and O–H groups in total. The van der Waals surface area contributed by atoms with Crippen LogP contribution in [0.1, 0.15) is 22.8 Å². The molecule has 8 heteroatoms. The van der Waals surface area contributed by atoms with Crippen LogP contribution >= 0.6 is 0 Å². The van der Waals surface area contributed by atoms with Crippen LogP contribution in [0, 0.1) is 11.8 Å². The highest BCUT2D eigenvalue weighted by molar-refractivity contribution is 7.89. The second-order valence-corrected chi connectivity index (χ2v) is 12.4. The van der Waals surface area contributed by atoms with Crippen LogP contribution in [0.2, 0.25) is 0 Å². The summed E-state index contributed by atoms with van der Waals surface area (Å²) in [6.07, 6.45) is 4.34. The number of nitrogens with zero attached hydrogens (tertiary/aromatic N) is 2. The Labute approximate surface area is 257 Å². The van der Waals surface area contributed by atoms with Gasteiger partial charge < -0.3 is 14.6 Å². The third kappa shape index (κ3) is 6.02. The van der Waals surface area contributed by atoms with E-state index in [9.17, 15) is 13.2 Å². The number of H-pyrrole nitrogens is 1. The molecule has 0 unspecified atom stereocenters. The molecule has 6 rings (SSSR count). The fraction of sp³-hybridized carbons (Fsp3) is 0.139. The van der Waals surface area contributed by atoms with E-state index < -0.39 is 10.0 Å². The molecule has 220 valence electrons. The van der Waals surface area contributed by atoms with E-state index in [4.69, 9.17) is 4.74 Å². The Bertz CT molecular complexity index is 2020. The molecule has 44 heavy (non-hydrogen) atoms. The van der Waals surface area contributed by atoms with Crippen LogP contribution in [-0.2, 0) is 16.4 Å². The van der Waals surface area contributed by atoms with Gasteiger partial charge in [-0.2, -0.15) is 4.31 Å². The van der Waals surface area contributed by atoms with Gasteiger partial charge in [0.05, 0.1) is 22.7 Å². The van der Waals surface area contributed by atoms with Crippen LogP contribution in [0.5, 0.6) is 11.5 Å². The van der Waals surface area contributed by atoms with Gasteiger partial charge >= 0.3 is 0 Å². The molecule has 0 spiro atoms. The second kappa shape index (κ2) is 12.6. The van der Waals surface area contributed by atoms with Crippen LogP contribution in [0.25, 0.3) is 10.9 Å². The van der Waals surface area contributed by atoms with Gasteiger partial charge in [-0.1, -0.05) is 78.6 Å². The molecule has 0 saturated heterocycles. The largest absolute Gasteiger partial charge is 0.454 e. The van der Waals surface area contributed by atoms with E-state index in [2.05, 4.69) is 16.8 Å². The lowest BCUT2D eigenvalue weighted by Crippen LogP contribution is -2.33. The van der Waals surface area contributed by atoms with Crippen molar-refractivity contribution in [3.63, 3.8) is 0 Å². The molecule has 0 fully saturated rings. The summed E-state index contributed by atoms with van der Waals surface area (Å²) in [5, 5.41) is 1.08. The number of amides is 1. The average molecular weight is 602 g/mol. The Kier molecular flexibility index (Phi) is 8.33. The minimum atomic E-state index is -3.77. The predicted molar refractivity (Wildman–Crippen MR) is 173 cm³/mol. The van der Waals surface area contributed by atoms with Crippen molar-refractivity contribution >= 4 is 32.5 Å². The fourth-order valence-electron chi connectivity index (χ4n) is 5.21. The number of carbonyl (C=O) groups excluding carboxylic acids is 1. The highest BCUT2D eigenvalue weighted by Crippen LogP contribution is 2.38. The summed E-state index contributed by atoms with van der Waals surface area (Å²) in [5.41, 5.74) is 3.94. The number of aromatic nitrogens is 1. The molecular weight excluding hydrogens is 570 g/mol. The minimum Gasteiger partial charge on any atom is -0.454 e. The topological polar surface area (TPSA) is 82.7 Å². The van der Waals surface area contributed by atoms with Crippen molar-refractivity contribution in [2.45, 2.75) is 18.2 Å². The van der Waals surface area contributed by atoms with E-state index in [1.165, 1.54) is 4.31 Å². The molecule has 1 amide bonds.